The number of anilines is 1. The van der Waals surface area contributed by atoms with Crippen LogP contribution in [0.2, 0.25) is 5.02 Å². The topological polar surface area (TPSA) is 29.3 Å². The van der Waals surface area contributed by atoms with Crippen molar-refractivity contribution < 1.29 is 13.2 Å². The molecule has 106 valence electrons. The van der Waals surface area contributed by atoms with Crippen molar-refractivity contribution in [3.05, 3.63) is 28.8 Å². The summed E-state index contributed by atoms with van der Waals surface area (Å²) >= 11 is 5.98. The molecule has 1 heterocycles. The lowest BCUT2D eigenvalue weighted by atomic mass is 9.94. The van der Waals surface area contributed by atoms with Crippen LogP contribution in [0.5, 0.6) is 0 Å². The zero-order valence-electron chi connectivity index (χ0n) is 10.5. The maximum Gasteiger partial charge on any atom is 0.416 e. The van der Waals surface area contributed by atoms with Crippen molar-refractivity contribution in [1.29, 1.82) is 0 Å². The van der Waals surface area contributed by atoms with Gasteiger partial charge >= 0.3 is 6.18 Å². The number of hydrogen-bond acceptors (Lipinski definition) is 2. The second-order valence-electron chi connectivity index (χ2n) is 5.04. The maximum atomic E-state index is 12.6. The Morgan fingerprint density at radius 2 is 2.05 bits per heavy atom. The van der Waals surface area contributed by atoms with E-state index in [-0.39, 0.29) is 11.1 Å². The first-order valence-corrected chi connectivity index (χ1v) is 6.54. The summed E-state index contributed by atoms with van der Waals surface area (Å²) in [5, 5.41) is 0.137. The summed E-state index contributed by atoms with van der Waals surface area (Å²) in [5.41, 5.74) is 5.86. The van der Waals surface area contributed by atoms with E-state index < -0.39 is 11.7 Å². The van der Waals surface area contributed by atoms with Gasteiger partial charge in [-0.15, -0.1) is 0 Å². The normalized spacial score (nSPS) is 24.6. The van der Waals surface area contributed by atoms with E-state index in [4.69, 9.17) is 17.3 Å². The molecular weight excluding hydrogens is 277 g/mol. The fraction of sp³-hybridized carbons (Fsp3) is 0.538. The predicted molar refractivity (Wildman–Crippen MR) is 70.4 cm³/mol. The van der Waals surface area contributed by atoms with Crippen molar-refractivity contribution in [2.24, 2.45) is 11.7 Å². The van der Waals surface area contributed by atoms with Crippen LogP contribution in [0.15, 0.2) is 18.2 Å². The van der Waals surface area contributed by atoms with Crippen LogP contribution in [-0.4, -0.2) is 19.1 Å². The van der Waals surface area contributed by atoms with E-state index in [9.17, 15) is 13.2 Å². The third-order valence-corrected chi connectivity index (χ3v) is 3.89. The smallest absolute Gasteiger partial charge is 0.370 e. The van der Waals surface area contributed by atoms with E-state index in [1.807, 2.05) is 11.8 Å². The summed E-state index contributed by atoms with van der Waals surface area (Å²) in [6.45, 7) is 3.47. The van der Waals surface area contributed by atoms with Gasteiger partial charge < -0.3 is 10.6 Å². The summed E-state index contributed by atoms with van der Waals surface area (Å²) in [4.78, 5) is 2.00. The molecule has 2 rings (SSSR count). The highest BCUT2D eigenvalue weighted by atomic mass is 35.5. The van der Waals surface area contributed by atoms with Crippen molar-refractivity contribution in [3.63, 3.8) is 0 Å². The van der Waals surface area contributed by atoms with E-state index in [2.05, 4.69) is 0 Å². The Hall–Kier alpha value is -0.940. The maximum absolute atomic E-state index is 12.6. The van der Waals surface area contributed by atoms with Crippen LogP contribution < -0.4 is 10.6 Å². The Kier molecular flexibility index (Phi) is 3.97. The highest BCUT2D eigenvalue weighted by Crippen LogP contribution is 2.36. The average molecular weight is 293 g/mol. The highest BCUT2D eigenvalue weighted by molar-refractivity contribution is 6.33. The van der Waals surface area contributed by atoms with Gasteiger partial charge in [0.25, 0.3) is 0 Å². The number of piperidine rings is 1. The van der Waals surface area contributed by atoms with Gasteiger partial charge in [0, 0.05) is 19.1 Å². The van der Waals surface area contributed by atoms with E-state index in [0.29, 0.717) is 18.2 Å². The first kappa shape index (κ1) is 14.5. The van der Waals surface area contributed by atoms with E-state index >= 15 is 0 Å². The molecule has 2 nitrogen and oxygen atoms in total. The highest BCUT2D eigenvalue weighted by Gasteiger charge is 2.32. The minimum atomic E-state index is -4.36. The Bertz CT molecular complexity index is 462. The third-order valence-electron chi connectivity index (χ3n) is 3.59. The van der Waals surface area contributed by atoms with E-state index in [0.717, 1.165) is 25.1 Å². The van der Waals surface area contributed by atoms with Gasteiger partial charge in [0.05, 0.1) is 16.3 Å². The van der Waals surface area contributed by atoms with Gasteiger partial charge in [-0.25, -0.2) is 0 Å². The number of nitrogens with two attached hydrogens (primary N) is 1. The molecule has 0 spiro atoms. The van der Waals surface area contributed by atoms with Crippen molar-refractivity contribution in [2.75, 3.05) is 18.0 Å². The van der Waals surface area contributed by atoms with Gasteiger partial charge in [0.2, 0.25) is 0 Å². The molecule has 2 N–H and O–H groups in total. The Morgan fingerprint density at radius 3 is 2.58 bits per heavy atom. The van der Waals surface area contributed by atoms with Crippen LogP contribution in [-0.2, 0) is 6.18 Å². The molecule has 0 saturated carbocycles. The largest absolute Gasteiger partial charge is 0.416 e. The standard InChI is InChI=1S/C13H16ClF3N2/c1-8-7-19(5-4-11(8)18)12-3-2-9(6-10(12)14)13(15,16)17/h2-3,6,8,11H,4-5,7,18H2,1H3. The molecule has 0 amide bonds. The van der Waals surface area contributed by atoms with Crippen LogP contribution in [0.4, 0.5) is 18.9 Å². The average Bonchev–Trinajstić information content (AvgIpc) is 2.31. The number of alkyl halides is 3. The minimum absolute atomic E-state index is 0.137. The van der Waals surface area contributed by atoms with Gasteiger partial charge in [-0.1, -0.05) is 18.5 Å². The Balaban J connectivity index is 2.22. The first-order valence-electron chi connectivity index (χ1n) is 6.16. The number of halogens is 4. The molecule has 0 radical (unpaired) electrons. The van der Waals surface area contributed by atoms with E-state index in [1.165, 1.54) is 6.07 Å². The molecule has 1 aromatic rings. The zero-order chi connectivity index (χ0) is 14.2. The third kappa shape index (κ3) is 3.15. The lowest BCUT2D eigenvalue weighted by molar-refractivity contribution is -0.137. The predicted octanol–water partition coefficient (Wildman–Crippen LogP) is 3.53. The second-order valence-corrected chi connectivity index (χ2v) is 5.45. The molecule has 1 fully saturated rings. The second kappa shape index (κ2) is 5.21. The first-order chi connectivity index (χ1) is 8.79. The molecule has 1 aliphatic heterocycles. The molecule has 2 atom stereocenters. The quantitative estimate of drug-likeness (QED) is 0.858. The van der Waals surface area contributed by atoms with Crippen LogP contribution in [0, 0.1) is 5.92 Å². The van der Waals surface area contributed by atoms with Crippen LogP contribution >= 0.6 is 11.6 Å². The summed E-state index contributed by atoms with van der Waals surface area (Å²) in [7, 11) is 0. The summed E-state index contributed by atoms with van der Waals surface area (Å²) in [6.07, 6.45) is -3.54. The summed E-state index contributed by atoms with van der Waals surface area (Å²) < 4.78 is 37.7. The van der Waals surface area contributed by atoms with Gasteiger partial charge in [-0.2, -0.15) is 13.2 Å². The van der Waals surface area contributed by atoms with Gasteiger partial charge in [-0.3, -0.25) is 0 Å². The molecular formula is C13H16ClF3N2. The monoisotopic (exact) mass is 292 g/mol. The molecule has 1 aliphatic rings. The molecule has 2 unspecified atom stereocenters. The van der Waals surface area contributed by atoms with Gasteiger partial charge in [0.1, 0.15) is 0 Å². The minimum Gasteiger partial charge on any atom is -0.370 e. The van der Waals surface area contributed by atoms with Crippen molar-refractivity contribution in [2.45, 2.75) is 25.6 Å². The van der Waals surface area contributed by atoms with Gasteiger partial charge in [-0.05, 0) is 30.5 Å². The van der Waals surface area contributed by atoms with Crippen LogP contribution in [0.1, 0.15) is 18.9 Å². The number of benzene rings is 1. The molecule has 1 saturated heterocycles. The molecule has 19 heavy (non-hydrogen) atoms. The molecule has 0 bridgehead atoms. The Morgan fingerprint density at radius 1 is 1.37 bits per heavy atom. The molecule has 0 aromatic heterocycles. The molecule has 0 aliphatic carbocycles. The van der Waals surface area contributed by atoms with Gasteiger partial charge in [0.15, 0.2) is 0 Å². The number of hydrogen-bond donors (Lipinski definition) is 1. The number of rotatable bonds is 1. The lowest BCUT2D eigenvalue weighted by Crippen LogP contribution is -2.46. The van der Waals surface area contributed by atoms with Crippen molar-refractivity contribution in [3.8, 4) is 0 Å². The van der Waals surface area contributed by atoms with Crippen molar-refractivity contribution >= 4 is 17.3 Å². The summed E-state index contributed by atoms with van der Waals surface area (Å²) in [5.74, 6) is 0.298. The lowest BCUT2D eigenvalue weighted by Gasteiger charge is -2.37. The van der Waals surface area contributed by atoms with Crippen LogP contribution in [0.25, 0.3) is 0 Å². The zero-order valence-corrected chi connectivity index (χ0v) is 11.3. The van der Waals surface area contributed by atoms with E-state index in [1.54, 1.807) is 0 Å². The SMILES string of the molecule is CC1CN(c2ccc(C(F)(F)F)cc2Cl)CCC1N. The number of nitrogens with zero attached hydrogens (tertiary/aromatic N) is 1. The fourth-order valence-corrected chi connectivity index (χ4v) is 2.62. The van der Waals surface area contributed by atoms with Crippen molar-refractivity contribution in [1.82, 2.24) is 0 Å². The molecule has 1 aromatic carbocycles. The fourth-order valence-electron chi connectivity index (χ4n) is 2.32. The van der Waals surface area contributed by atoms with Crippen LogP contribution in [0.3, 0.4) is 0 Å². The Labute approximate surface area is 115 Å². The molecule has 6 heteroatoms. The summed E-state index contributed by atoms with van der Waals surface area (Å²) in [6, 6.07) is 3.63.